The van der Waals surface area contributed by atoms with Gasteiger partial charge in [0, 0.05) is 23.5 Å². The molecule has 2 N–H and O–H groups in total. The second-order valence-electron chi connectivity index (χ2n) is 6.27. The molecule has 0 radical (unpaired) electrons. The highest BCUT2D eigenvalue weighted by Crippen LogP contribution is 2.30. The van der Waals surface area contributed by atoms with Gasteiger partial charge in [-0.05, 0) is 56.5 Å². The zero-order valence-corrected chi connectivity index (χ0v) is 13.9. The number of carbonyl (C=O) groups excluding carboxylic acids is 2. The normalized spacial score (nSPS) is 14.8. The van der Waals surface area contributed by atoms with E-state index in [4.69, 9.17) is 0 Å². The van der Waals surface area contributed by atoms with Crippen molar-refractivity contribution in [1.29, 1.82) is 0 Å². The summed E-state index contributed by atoms with van der Waals surface area (Å²) in [4.78, 5) is 28.1. The van der Waals surface area contributed by atoms with Gasteiger partial charge < -0.3 is 10.6 Å². The molecule has 1 saturated carbocycles. The van der Waals surface area contributed by atoms with Crippen molar-refractivity contribution < 1.29 is 9.59 Å². The van der Waals surface area contributed by atoms with E-state index in [2.05, 4.69) is 15.6 Å². The number of hydrogen-bond acceptors (Lipinski definition) is 3. The Balaban J connectivity index is 1.59. The number of hydrogen-bond donors (Lipinski definition) is 2. The zero-order valence-electron chi connectivity index (χ0n) is 13.9. The predicted octanol–water partition coefficient (Wildman–Crippen LogP) is 3.23. The van der Waals surface area contributed by atoms with Gasteiger partial charge in [-0.1, -0.05) is 12.1 Å². The lowest BCUT2D eigenvalue weighted by molar-refractivity contribution is -0.117. The molecule has 0 bridgehead atoms. The first-order valence-electron chi connectivity index (χ1n) is 8.17. The third kappa shape index (κ3) is 3.98. The van der Waals surface area contributed by atoms with Crippen LogP contribution in [0.5, 0.6) is 0 Å². The van der Waals surface area contributed by atoms with Gasteiger partial charge in [-0.25, -0.2) is 0 Å². The minimum absolute atomic E-state index is 0.0935. The van der Waals surface area contributed by atoms with Gasteiger partial charge in [-0.3, -0.25) is 14.6 Å². The van der Waals surface area contributed by atoms with Crippen LogP contribution in [0.25, 0.3) is 0 Å². The van der Waals surface area contributed by atoms with Crippen molar-refractivity contribution in [3.8, 4) is 0 Å². The quantitative estimate of drug-likeness (QED) is 0.887. The predicted molar refractivity (Wildman–Crippen MR) is 92.7 cm³/mol. The maximum atomic E-state index is 12.2. The Morgan fingerprint density at radius 2 is 1.83 bits per heavy atom. The Hall–Kier alpha value is -2.69. The average Bonchev–Trinajstić information content (AvgIpc) is 3.41. The number of benzene rings is 1. The number of nitrogens with one attached hydrogen (secondary N) is 2. The lowest BCUT2D eigenvalue weighted by Gasteiger charge is -2.15. The molecule has 0 unspecified atom stereocenters. The van der Waals surface area contributed by atoms with Gasteiger partial charge in [0.05, 0.1) is 11.6 Å². The topological polar surface area (TPSA) is 71.1 Å². The zero-order chi connectivity index (χ0) is 17.1. The molecule has 5 heteroatoms. The van der Waals surface area contributed by atoms with Crippen LogP contribution in [0, 0.1) is 12.8 Å². The van der Waals surface area contributed by atoms with Crippen molar-refractivity contribution in [2.45, 2.75) is 32.7 Å². The van der Waals surface area contributed by atoms with Gasteiger partial charge >= 0.3 is 0 Å². The number of aromatic nitrogens is 1. The molecular formula is C19H21N3O2. The number of aryl methyl sites for hydroxylation is 1. The minimum atomic E-state index is -0.152. The Labute approximate surface area is 141 Å². The monoisotopic (exact) mass is 323 g/mol. The molecular weight excluding hydrogens is 302 g/mol. The molecule has 1 aromatic carbocycles. The number of nitrogens with zero attached hydrogens (tertiary/aromatic N) is 1. The largest absolute Gasteiger partial charge is 0.345 e. The van der Waals surface area contributed by atoms with Crippen molar-refractivity contribution >= 4 is 17.5 Å². The van der Waals surface area contributed by atoms with E-state index in [1.54, 1.807) is 12.3 Å². The van der Waals surface area contributed by atoms with Crippen LogP contribution < -0.4 is 10.6 Å². The molecule has 1 aromatic heterocycles. The molecule has 1 atom stereocenters. The molecule has 3 rings (SSSR count). The second kappa shape index (κ2) is 6.83. The summed E-state index contributed by atoms with van der Waals surface area (Å²) in [7, 11) is 0. The van der Waals surface area contributed by atoms with Crippen LogP contribution in [0.1, 0.15) is 47.4 Å². The number of carbonyl (C=O) groups is 2. The van der Waals surface area contributed by atoms with Crippen molar-refractivity contribution in [2.24, 2.45) is 5.92 Å². The number of pyridine rings is 1. The first-order chi connectivity index (χ1) is 11.5. The standard InChI is InChI=1S/C19H21N3O2/c1-12-3-4-16(11-20-12)19(24)21-13(2)14-7-9-17(10-8-14)22-18(23)15-5-6-15/h3-4,7-11,13,15H,5-6H2,1-2H3,(H,21,24)(H,22,23)/t13-/m1/s1. The summed E-state index contributed by atoms with van der Waals surface area (Å²) >= 11 is 0. The van der Waals surface area contributed by atoms with Crippen molar-refractivity contribution in [3.05, 3.63) is 59.4 Å². The maximum absolute atomic E-state index is 12.2. The smallest absolute Gasteiger partial charge is 0.253 e. The van der Waals surface area contributed by atoms with Crippen LogP contribution in [-0.2, 0) is 4.79 Å². The molecule has 1 fully saturated rings. The van der Waals surface area contributed by atoms with Gasteiger partial charge in [0.2, 0.25) is 5.91 Å². The molecule has 0 spiro atoms. The van der Waals surface area contributed by atoms with E-state index in [9.17, 15) is 9.59 Å². The average molecular weight is 323 g/mol. The summed E-state index contributed by atoms with van der Waals surface area (Å²) < 4.78 is 0. The molecule has 0 aliphatic heterocycles. The summed E-state index contributed by atoms with van der Waals surface area (Å²) in [6.45, 7) is 3.81. The molecule has 124 valence electrons. The van der Waals surface area contributed by atoms with E-state index in [1.165, 1.54) is 0 Å². The SMILES string of the molecule is Cc1ccc(C(=O)N[C@H](C)c2ccc(NC(=O)C3CC3)cc2)cn1. The van der Waals surface area contributed by atoms with Crippen molar-refractivity contribution in [1.82, 2.24) is 10.3 Å². The summed E-state index contributed by atoms with van der Waals surface area (Å²) in [6.07, 6.45) is 3.55. The van der Waals surface area contributed by atoms with E-state index >= 15 is 0 Å². The molecule has 2 aromatic rings. The van der Waals surface area contributed by atoms with Crippen molar-refractivity contribution in [3.63, 3.8) is 0 Å². The van der Waals surface area contributed by atoms with Crippen LogP contribution in [0.3, 0.4) is 0 Å². The Morgan fingerprint density at radius 1 is 1.12 bits per heavy atom. The fraction of sp³-hybridized carbons (Fsp3) is 0.316. The Kier molecular flexibility index (Phi) is 4.60. The molecule has 1 heterocycles. The maximum Gasteiger partial charge on any atom is 0.253 e. The van der Waals surface area contributed by atoms with Crippen molar-refractivity contribution in [2.75, 3.05) is 5.32 Å². The fourth-order valence-corrected chi connectivity index (χ4v) is 2.41. The molecule has 1 aliphatic rings. The van der Waals surface area contributed by atoms with Crippen LogP contribution in [-0.4, -0.2) is 16.8 Å². The first-order valence-corrected chi connectivity index (χ1v) is 8.17. The third-order valence-electron chi connectivity index (χ3n) is 4.15. The second-order valence-corrected chi connectivity index (χ2v) is 6.27. The Bertz CT molecular complexity index is 734. The van der Waals surface area contributed by atoms with Gasteiger partial charge in [0.25, 0.3) is 5.91 Å². The van der Waals surface area contributed by atoms with Crippen LogP contribution in [0.15, 0.2) is 42.6 Å². The van der Waals surface area contributed by atoms with Gasteiger partial charge in [-0.15, -0.1) is 0 Å². The number of anilines is 1. The lowest BCUT2D eigenvalue weighted by Crippen LogP contribution is -2.26. The van der Waals surface area contributed by atoms with E-state index in [0.29, 0.717) is 5.56 Å². The van der Waals surface area contributed by atoms with E-state index < -0.39 is 0 Å². The van der Waals surface area contributed by atoms with Gasteiger partial charge in [0.15, 0.2) is 0 Å². The molecule has 1 aliphatic carbocycles. The van der Waals surface area contributed by atoms with Gasteiger partial charge in [-0.2, -0.15) is 0 Å². The number of amides is 2. The van der Waals surface area contributed by atoms with Gasteiger partial charge in [0.1, 0.15) is 0 Å². The number of rotatable bonds is 5. The highest BCUT2D eigenvalue weighted by atomic mass is 16.2. The van der Waals surface area contributed by atoms with E-state index in [-0.39, 0.29) is 23.8 Å². The molecule has 5 nitrogen and oxygen atoms in total. The molecule has 2 amide bonds. The molecule has 24 heavy (non-hydrogen) atoms. The Morgan fingerprint density at radius 3 is 2.42 bits per heavy atom. The van der Waals surface area contributed by atoms with E-state index in [0.717, 1.165) is 29.8 Å². The fourth-order valence-electron chi connectivity index (χ4n) is 2.41. The summed E-state index contributed by atoms with van der Waals surface area (Å²) in [5.74, 6) is 0.128. The molecule has 0 saturated heterocycles. The third-order valence-corrected chi connectivity index (χ3v) is 4.15. The van der Waals surface area contributed by atoms with Crippen LogP contribution in [0.4, 0.5) is 5.69 Å². The lowest BCUT2D eigenvalue weighted by atomic mass is 10.1. The first kappa shape index (κ1) is 16.2. The van der Waals surface area contributed by atoms with E-state index in [1.807, 2.05) is 44.2 Å². The summed E-state index contributed by atoms with van der Waals surface area (Å²) in [6, 6.07) is 11.0. The van der Waals surface area contributed by atoms with Crippen LogP contribution in [0.2, 0.25) is 0 Å². The summed E-state index contributed by atoms with van der Waals surface area (Å²) in [5, 5.41) is 5.86. The highest BCUT2D eigenvalue weighted by Gasteiger charge is 2.29. The highest BCUT2D eigenvalue weighted by molar-refractivity contribution is 5.94. The van der Waals surface area contributed by atoms with Crippen LogP contribution >= 0.6 is 0 Å². The minimum Gasteiger partial charge on any atom is -0.345 e. The summed E-state index contributed by atoms with van der Waals surface area (Å²) in [5.41, 5.74) is 3.19.